The van der Waals surface area contributed by atoms with Gasteiger partial charge in [0.15, 0.2) is 5.75 Å². The number of hydrogen-bond acceptors (Lipinski definition) is 8. The second-order valence-electron chi connectivity index (χ2n) is 6.84. The quantitative estimate of drug-likeness (QED) is 0.376. The number of benzene rings is 2. The van der Waals surface area contributed by atoms with Crippen molar-refractivity contribution in [1.82, 2.24) is 25.0 Å². The van der Waals surface area contributed by atoms with E-state index in [1.807, 2.05) is 4.98 Å². The molecule has 0 aliphatic carbocycles. The minimum absolute atomic E-state index is 0.0295. The molecule has 4 aromatic rings. The Morgan fingerprint density at radius 3 is 2.44 bits per heavy atom. The lowest BCUT2D eigenvalue weighted by molar-refractivity contribution is 0.452. The van der Waals surface area contributed by atoms with E-state index >= 15 is 0 Å². The molecule has 4 rings (SSSR count). The molecule has 0 spiro atoms. The van der Waals surface area contributed by atoms with Gasteiger partial charge in [-0.3, -0.25) is 14.6 Å². The Morgan fingerprint density at radius 1 is 1.06 bits per heavy atom. The monoisotopic (exact) mass is 498 g/mol. The lowest BCUT2D eigenvalue weighted by atomic mass is 10.1. The van der Waals surface area contributed by atoms with E-state index in [1.54, 1.807) is 24.3 Å². The van der Waals surface area contributed by atoms with Crippen LogP contribution in [0.2, 0.25) is 10.0 Å². The van der Waals surface area contributed by atoms with Crippen LogP contribution in [0.25, 0.3) is 5.69 Å². The van der Waals surface area contributed by atoms with E-state index in [9.17, 15) is 19.5 Å². The number of para-hydroxylation sites is 1. The number of nitriles is 1. The predicted molar refractivity (Wildman–Crippen MR) is 121 cm³/mol. The highest BCUT2D eigenvalue weighted by molar-refractivity contribution is 6.37. The largest absolute Gasteiger partial charge is 0.508 e. The third kappa shape index (κ3) is 4.54. The maximum absolute atomic E-state index is 12.2. The van der Waals surface area contributed by atoms with E-state index in [0.717, 1.165) is 4.68 Å². The van der Waals surface area contributed by atoms with Crippen molar-refractivity contribution in [3.63, 3.8) is 0 Å². The predicted octanol–water partition coefficient (Wildman–Crippen LogP) is 2.27. The molecule has 0 amide bonds. The van der Waals surface area contributed by atoms with Crippen molar-refractivity contribution < 1.29 is 9.84 Å². The highest BCUT2D eigenvalue weighted by atomic mass is 35.5. The van der Waals surface area contributed by atoms with Gasteiger partial charge in [-0.2, -0.15) is 9.94 Å². The molecule has 0 aliphatic heterocycles. The summed E-state index contributed by atoms with van der Waals surface area (Å²) in [7, 11) is 0. The molecule has 0 aliphatic rings. The number of ether oxygens (including phenoxy) is 1. The zero-order chi connectivity index (χ0) is 24.4. The first-order valence-electron chi connectivity index (χ1n) is 9.43. The summed E-state index contributed by atoms with van der Waals surface area (Å²) in [6.45, 7) is 0. The molecular weight excluding hydrogens is 487 g/mol. The third-order valence-electron chi connectivity index (χ3n) is 4.60. The number of aromatic amines is 2. The number of nitrogens with zero attached hydrogens (tertiary/aromatic N) is 4. The van der Waals surface area contributed by atoms with E-state index in [0.29, 0.717) is 5.56 Å². The van der Waals surface area contributed by atoms with Crippen molar-refractivity contribution in [2.45, 2.75) is 6.42 Å². The maximum Gasteiger partial charge on any atom is 0.349 e. The Hall–Kier alpha value is -4.40. The fraction of sp³-hybridized carbons (Fsp3) is 0.0476. The van der Waals surface area contributed by atoms with Gasteiger partial charge in [-0.15, -0.1) is 10.2 Å². The Bertz CT molecular complexity index is 1610. The maximum atomic E-state index is 12.2. The van der Waals surface area contributed by atoms with E-state index in [-0.39, 0.29) is 45.1 Å². The van der Waals surface area contributed by atoms with Crippen LogP contribution in [0, 0.1) is 11.3 Å². The highest BCUT2D eigenvalue weighted by Crippen LogP contribution is 2.37. The Balaban J connectivity index is 1.68. The first-order chi connectivity index (χ1) is 16.3. The van der Waals surface area contributed by atoms with Gasteiger partial charge in [-0.25, -0.2) is 9.89 Å². The number of halogens is 2. The average molecular weight is 499 g/mol. The lowest BCUT2D eigenvalue weighted by Crippen LogP contribution is -2.33. The molecular formula is C21H12Cl2N6O5. The SMILES string of the molecule is N#Cc1nn(-c2cc(Cl)c(Oc3cc(Cc4ccccc4O)c(=O)[nH]n3)c(Cl)c2)c(=O)[nH]c1=O. The molecule has 11 nitrogen and oxygen atoms in total. The number of phenols is 1. The molecule has 170 valence electrons. The average Bonchev–Trinajstić information content (AvgIpc) is 2.80. The molecule has 0 fully saturated rings. The molecule has 2 aromatic carbocycles. The van der Waals surface area contributed by atoms with Crippen LogP contribution in [0.1, 0.15) is 16.8 Å². The summed E-state index contributed by atoms with van der Waals surface area (Å²) in [5.74, 6) is -0.0284. The van der Waals surface area contributed by atoms with Gasteiger partial charge in [-0.1, -0.05) is 41.4 Å². The van der Waals surface area contributed by atoms with Crippen LogP contribution in [0.3, 0.4) is 0 Å². The lowest BCUT2D eigenvalue weighted by Gasteiger charge is -2.12. The minimum Gasteiger partial charge on any atom is -0.508 e. The molecule has 34 heavy (non-hydrogen) atoms. The molecule has 0 radical (unpaired) electrons. The van der Waals surface area contributed by atoms with Gasteiger partial charge >= 0.3 is 5.69 Å². The van der Waals surface area contributed by atoms with Crippen molar-refractivity contribution in [3.05, 3.63) is 101 Å². The molecule has 0 atom stereocenters. The number of H-pyrrole nitrogens is 2. The second kappa shape index (κ2) is 9.22. The zero-order valence-electron chi connectivity index (χ0n) is 16.9. The van der Waals surface area contributed by atoms with Crippen LogP contribution in [-0.4, -0.2) is 30.1 Å². The number of aromatic hydroxyl groups is 1. The first kappa shape index (κ1) is 22.8. The van der Waals surface area contributed by atoms with E-state index < -0.39 is 22.5 Å². The number of rotatable bonds is 5. The molecule has 3 N–H and O–H groups in total. The molecule has 0 saturated heterocycles. The highest BCUT2D eigenvalue weighted by Gasteiger charge is 2.16. The van der Waals surface area contributed by atoms with Gasteiger partial charge in [0.25, 0.3) is 11.1 Å². The van der Waals surface area contributed by atoms with Crippen molar-refractivity contribution >= 4 is 23.2 Å². The van der Waals surface area contributed by atoms with Crippen molar-refractivity contribution in [2.75, 3.05) is 0 Å². The smallest absolute Gasteiger partial charge is 0.349 e. The first-order valence-corrected chi connectivity index (χ1v) is 10.2. The topological polar surface area (TPSA) is 167 Å². The van der Waals surface area contributed by atoms with Crippen LogP contribution in [0.5, 0.6) is 17.4 Å². The van der Waals surface area contributed by atoms with Gasteiger partial charge in [0.1, 0.15) is 11.8 Å². The summed E-state index contributed by atoms with van der Waals surface area (Å²) in [5.41, 5.74) is -1.97. The van der Waals surface area contributed by atoms with E-state index in [2.05, 4.69) is 15.3 Å². The van der Waals surface area contributed by atoms with Gasteiger partial charge in [-0.05, 0) is 23.8 Å². The Morgan fingerprint density at radius 2 is 1.76 bits per heavy atom. The number of phenolic OH excluding ortho intramolecular Hbond substituents is 1. The molecule has 0 saturated carbocycles. The molecule has 13 heteroatoms. The molecule has 2 aromatic heterocycles. The summed E-state index contributed by atoms with van der Waals surface area (Å²) in [6.07, 6.45) is 0.114. The molecule has 0 bridgehead atoms. The summed E-state index contributed by atoms with van der Waals surface area (Å²) in [6, 6.07) is 12.1. The Kier molecular flexibility index (Phi) is 6.18. The van der Waals surface area contributed by atoms with Gasteiger partial charge < -0.3 is 9.84 Å². The summed E-state index contributed by atoms with van der Waals surface area (Å²) in [5, 5.41) is 28.7. The fourth-order valence-electron chi connectivity index (χ4n) is 2.99. The van der Waals surface area contributed by atoms with Crippen LogP contribution in [-0.2, 0) is 6.42 Å². The van der Waals surface area contributed by atoms with Crippen molar-refractivity contribution in [2.24, 2.45) is 0 Å². The Labute approximate surface area is 199 Å². The summed E-state index contributed by atoms with van der Waals surface area (Å²) < 4.78 is 6.42. The van der Waals surface area contributed by atoms with Gasteiger partial charge in [0.2, 0.25) is 11.6 Å². The fourth-order valence-corrected chi connectivity index (χ4v) is 3.55. The van der Waals surface area contributed by atoms with Crippen LogP contribution in [0.15, 0.2) is 56.8 Å². The van der Waals surface area contributed by atoms with Gasteiger partial charge in [0.05, 0.1) is 15.7 Å². The standard InChI is InChI=1S/C21H12Cl2N6O5/c22-13-7-12(29-21(33)25-20(32)15(9-24)28-29)8-14(23)18(13)34-17-6-11(19(31)27-26-17)5-10-3-1-2-4-16(10)30/h1-4,6-8,30H,5H2,(H,27,31)(H,25,32,33). The minimum atomic E-state index is -0.926. The number of aromatic nitrogens is 5. The number of nitrogens with one attached hydrogen (secondary N) is 2. The van der Waals surface area contributed by atoms with Crippen molar-refractivity contribution in [1.29, 1.82) is 5.26 Å². The summed E-state index contributed by atoms with van der Waals surface area (Å²) in [4.78, 5) is 37.8. The van der Waals surface area contributed by atoms with Crippen LogP contribution < -0.4 is 21.5 Å². The van der Waals surface area contributed by atoms with Crippen molar-refractivity contribution in [3.8, 4) is 29.1 Å². The van der Waals surface area contributed by atoms with E-state index in [1.165, 1.54) is 24.3 Å². The molecule has 2 heterocycles. The second-order valence-corrected chi connectivity index (χ2v) is 7.65. The summed E-state index contributed by atoms with van der Waals surface area (Å²) >= 11 is 12.6. The normalized spacial score (nSPS) is 10.6. The number of hydrogen-bond donors (Lipinski definition) is 3. The zero-order valence-corrected chi connectivity index (χ0v) is 18.4. The van der Waals surface area contributed by atoms with Crippen LogP contribution >= 0.6 is 23.2 Å². The van der Waals surface area contributed by atoms with E-state index in [4.69, 9.17) is 33.2 Å². The van der Waals surface area contributed by atoms with Gasteiger partial charge in [0, 0.05) is 18.1 Å². The van der Waals surface area contributed by atoms with Crippen LogP contribution in [0.4, 0.5) is 0 Å². The third-order valence-corrected chi connectivity index (χ3v) is 5.16. The molecule has 0 unspecified atom stereocenters.